The summed E-state index contributed by atoms with van der Waals surface area (Å²) < 4.78 is 6.56. The second-order valence-electron chi connectivity index (χ2n) is 4.13. The molecule has 0 aliphatic heterocycles. The summed E-state index contributed by atoms with van der Waals surface area (Å²) in [5.41, 5.74) is 2.00. The van der Waals surface area contributed by atoms with Crippen molar-refractivity contribution in [3.8, 4) is 5.75 Å². The molecule has 1 unspecified atom stereocenters. The van der Waals surface area contributed by atoms with Crippen LogP contribution < -0.4 is 4.74 Å². The normalized spacial score (nSPS) is 12.2. The minimum absolute atomic E-state index is 0.484. The standard InChI is InChI=1S/C15H15BrO2/c1-11(17)14-8-7-13(9-15(14)16)18-10-12-5-3-2-4-6-12/h2-9,11,17H,10H2,1H3. The van der Waals surface area contributed by atoms with Gasteiger partial charge in [-0.05, 0) is 30.2 Å². The molecule has 0 aliphatic rings. The lowest BCUT2D eigenvalue weighted by molar-refractivity contribution is 0.198. The highest BCUT2D eigenvalue weighted by Gasteiger charge is 2.07. The molecule has 0 radical (unpaired) electrons. The molecule has 3 heteroatoms. The van der Waals surface area contributed by atoms with E-state index in [0.29, 0.717) is 6.61 Å². The van der Waals surface area contributed by atoms with Crippen molar-refractivity contribution in [2.45, 2.75) is 19.6 Å². The van der Waals surface area contributed by atoms with Crippen LogP contribution in [-0.4, -0.2) is 5.11 Å². The maximum absolute atomic E-state index is 9.53. The van der Waals surface area contributed by atoms with E-state index in [0.717, 1.165) is 21.3 Å². The summed E-state index contributed by atoms with van der Waals surface area (Å²) in [5.74, 6) is 0.787. The number of benzene rings is 2. The molecule has 0 saturated carbocycles. The van der Waals surface area contributed by atoms with Gasteiger partial charge in [0, 0.05) is 4.47 Å². The quantitative estimate of drug-likeness (QED) is 0.922. The van der Waals surface area contributed by atoms with Crippen LogP contribution in [0.5, 0.6) is 5.75 Å². The Morgan fingerprint density at radius 2 is 1.89 bits per heavy atom. The zero-order valence-electron chi connectivity index (χ0n) is 10.1. The van der Waals surface area contributed by atoms with Gasteiger partial charge in [-0.2, -0.15) is 0 Å². The second kappa shape index (κ2) is 6.03. The van der Waals surface area contributed by atoms with E-state index >= 15 is 0 Å². The number of hydrogen-bond acceptors (Lipinski definition) is 2. The molecule has 0 spiro atoms. The van der Waals surface area contributed by atoms with Crippen LogP contribution >= 0.6 is 15.9 Å². The Morgan fingerprint density at radius 3 is 2.50 bits per heavy atom. The largest absolute Gasteiger partial charge is 0.489 e. The Hall–Kier alpha value is -1.32. The number of ether oxygens (including phenoxy) is 1. The van der Waals surface area contributed by atoms with Crippen molar-refractivity contribution >= 4 is 15.9 Å². The van der Waals surface area contributed by atoms with Gasteiger partial charge in [0.15, 0.2) is 0 Å². The topological polar surface area (TPSA) is 29.5 Å². The van der Waals surface area contributed by atoms with Crippen LogP contribution in [0.2, 0.25) is 0 Å². The average molecular weight is 307 g/mol. The number of halogens is 1. The summed E-state index contributed by atoms with van der Waals surface area (Å²) in [4.78, 5) is 0. The summed E-state index contributed by atoms with van der Waals surface area (Å²) >= 11 is 3.43. The Balaban J connectivity index is 2.05. The first-order chi connectivity index (χ1) is 8.66. The van der Waals surface area contributed by atoms with E-state index in [-0.39, 0.29) is 0 Å². The third-order valence-corrected chi connectivity index (χ3v) is 3.36. The Bertz CT molecular complexity index is 509. The molecule has 2 rings (SSSR count). The van der Waals surface area contributed by atoms with Gasteiger partial charge in [-0.25, -0.2) is 0 Å². The van der Waals surface area contributed by atoms with Crippen LogP contribution in [-0.2, 0) is 6.61 Å². The molecule has 2 aromatic carbocycles. The van der Waals surface area contributed by atoms with Crippen LogP contribution in [0.25, 0.3) is 0 Å². The van der Waals surface area contributed by atoms with Gasteiger partial charge < -0.3 is 9.84 Å². The summed E-state index contributed by atoms with van der Waals surface area (Å²) in [6.45, 7) is 2.28. The zero-order valence-corrected chi connectivity index (χ0v) is 11.7. The molecule has 2 nitrogen and oxygen atoms in total. The molecule has 0 saturated heterocycles. The van der Waals surface area contributed by atoms with E-state index in [1.165, 1.54) is 0 Å². The summed E-state index contributed by atoms with van der Waals surface area (Å²) in [5, 5.41) is 9.53. The molecule has 0 fully saturated rings. The lowest BCUT2D eigenvalue weighted by atomic mass is 10.1. The van der Waals surface area contributed by atoms with E-state index in [4.69, 9.17) is 4.74 Å². The third-order valence-electron chi connectivity index (χ3n) is 2.67. The molecule has 0 amide bonds. The van der Waals surface area contributed by atoms with E-state index < -0.39 is 6.10 Å². The zero-order chi connectivity index (χ0) is 13.0. The van der Waals surface area contributed by atoms with Gasteiger partial charge in [0.25, 0.3) is 0 Å². The first-order valence-electron chi connectivity index (χ1n) is 5.81. The highest BCUT2D eigenvalue weighted by Crippen LogP contribution is 2.27. The maximum atomic E-state index is 9.53. The van der Waals surface area contributed by atoms with Crippen molar-refractivity contribution in [1.29, 1.82) is 0 Å². The molecule has 94 valence electrons. The third kappa shape index (κ3) is 3.34. The monoisotopic (exact) mass is 306 g/mol. The van der Waals surface area contributed by atoms with E-state index in [1.54, 1.807) is 6.92 Å². The van der Waals surface area contributed by atoms with Gasteiger partial charge in [0.05, 0.1) is 6.10 Å². The number of rotatable bonds is 4. The van der Waals surface area contributed by atoms with Gasteiger partial charge >= 0.3 is 0 Å². The minimum atomic E-state index is -0.484. The fraction of sp³-hybridized carbons (Fsp3) is 0.200. The highest BCUT2D eigenvalue weighted by molar-refractivity contribution is 9.10. The number of aliphatic hydroxyl groups is 1. The molecule has 0 aliphatic carbocycles. The van der Waals surface area contributed by atoms with Gasteiger partial charge in [-0.3, -0.25) is 0 Å². The molecule has 2 aromatic rings. The molecule has 1 atom stereocenters. The fourth-order valence-electron chi connectivity index (χ4n) is 1.68. The first kappa shape index (κ1) is 13.1. The lowest BCUT2D eigenvalue weighted by Gasteiger charge is -2.11. The van der Waals surface area contributed by atoms with E-state index in [2.05, 4.69) is 15.9 Å². The van der Waals surface area contributed by atoms with Crippen molar-refractivity contribution in [3.05, 3.63) is 64.1 Å². The van der Waals surface area contributed by atoms with E-state index in [1.807, 2.05) is 48.5 Å². The van der Waals surface area contributed by atoms with E-state index in [9.17, 15) is 5.11 Å². The summed E-state index contributed by atoms with van der Waals surface area (Å²) in [6.07, 6.45) is -0.484. The predicted octanol–water partition coefficient (Wildman–Crippen LogP) is 4.08. The first-order valence-corrected chi connectivity index (χ1v) is 6.60. The molecule has 0 aromatic heterocycles. The molecular formula is C15H15BrO2. The maximum Gasteiger partial charge on any atom is 0.120 e. The Kier molecular flexibility index (Phi) is 4.39. The fourth-order valence-corrected chi connectivity index (χ4v) is 2.37. The lowest BCUT2D eigenvalue weighted by Crippen LogP contribution is -1.97. The molecule has 0 bridgehead atoms. The highest BCUT2D eigenvalue weighted by atomic mass is 79.9. The Morgan fingerprint density at radius 1 is 1.17 bits per heavy atom. The Labute approximate surface area is 115 Å². The molecule has 1 N–H and O–H groups in total. The minimum Gasteiger partial charge on any atom is -0.489 e. The number of hydrogen-bond donors (Lipinski definition) is 1. The van der Waals surface area contributed by atoms with Crippen LogP contribution in [0.4, 0.5) is 0 Å². The van der Waals surface area contributed by atoms with Gasteiger partial charge in [0.1, 0.15) is 12.4 Å². The molecule has 0 heterocycles. The van der Waals surface area contributed by atoms with Crippen molar-refractivity contribution < 1.29 is 9.84 Å². The summed E-state index contributed by atoms with van der Waals surface area (Å²) in [6, 6.07) is 15.6. The molecule has 18 heavy (non-hydrogen) atoms. The van der Waals surface area contributed by atoms with Crippen molar-refractivity contribution in [2.75, 3.05) is 0 Å². The average Bonchev–Trinajstić information content (AvgIpc) is 2.37. The van der Waals surface area contributed by atoms with Crippen molar-refractivity contribution in [2.24, 2.45) is 0 Å². The van der Waals surface area contributed by atoms with Gasteiger partial charge in [-0.15, -0.1) is 0 Å². The smallest absolute Gasteiger partial charge is 0.120 e. The molecular weight excluding hydrogens is 292 g/mol. The van der Waals surface area contributed by atoms with Gasteiger partial charge in [-0.1, -0.05) is 52.3 Å². The van der Waals surface area contributed by atoms with Crippen molar-refractivity contribution in [3.63, 3.8) is 0 Å². The predicted molar refractivity (Wildman–Crippen MR) is 75.5 cm³/mol. The SMILES string of the molecule is CC(O)c1ccc(OCc2ccccc2)cc1Br. The van der Waals surface area contributed by atoms with Gasteiger partial charge in [0.2, 0.25) is 0 Å². The second-order valence-corrected chi connectivity index (χ2v) is 4.99. The van der Waals surface area contributed by atoms with Crippen molar-refractivity contribution in [1.82, 2.24) is 0 Å². The summed E-state index contributed by atoms with van der Waals surface area (Å²) in [7, 11) is 0. The van der Waals surface area contributed by atoms with Crippen LogP contribution in [0, 0.1) is 0 Å². The number of aliphatic hydroxyl groups excluding tert-OH is 1. The van der Waals surface area contributed by atoms with Crippen LogP contribution in [0.1, 0.15) is 24.2 Å². The van der Waals surface area contributed by atoms with Crippen LogP contribution in [0.15, 0.2) is 53.0 Å². The van der Waals surface area contributed by atoms with Crippen LogP contribution in [0.3, 0.4) is 0 Å².